The van der Waals surface area contributed by atoms with Crippen LogP contribution in [-0.2, 0) is 0 Å². The molecule has 11 heteroatoms. The fourth-order valence-electron chi connectivity index (χ4n) is 3.59. The Labute approximate surface area is 185 Å². The number of aromatic nitrogens is 4. The number of H-pyrrole nitrogens is 2. The number of benzene rings is 1. The summed E-state index contributed by atoms with van der Waals surface area (Å²) in [6.45, 7) is 4.47. The summed E-state index contributed by atoms with van der Waals surface area (Å²) < 4.78 is 43.2. The SMILES string of the molecule is C=C(c1nccn1/N=C(\C)c1c[nH]c(=O)[nH]c1=O)[C@H]1C[C@@H]1c1ccc(OCC(F)(F)F)cc1. The summed E-state index contributed by atoms with van der Waals surface area (Å²) >= 11 is 0. The van der Waals surface area contributed by atoms with E-state index in [1.165, 1.54) is 23.0 Å². The first kappa shape index (κ1) is 22.3. The Bertz CT molecular complexity index is 1320. The van der Waals surface area contributed by atoms with Gasteiger partial charge in [-0.15, -0.1) is 0 Å². The van der Waals surface area contributed by atoms with E-state index in [2.05, 4.69) is 26.6 Å². The molecule has 2 atom stereocenters. The summed E-state index contributed by atoms with van der Waals surface area (Å²) in [5.41, 5.74) is 1.17. The van der Waals surface area contributed by atoms with E-state index in [1.54, 1.807) is 31.5 Å². The molecule has 1 aromatic carbocycles. The van der Waals surface area contributed by atoms with Crippen LogP contribution in [0.1, 0.15) is 36.2 Å². The maximum atomic E-state index is 12.3. The molecule has 0 amide bonds. The maximum absolute atomic E-state index is 12.3. The van der Waals surface area contributed by atoms with Gasteiger partial charge in [-0.1, -0.05) is 18.7 Å². The Morgan fingerprint density at radius 2 is 2.03 bits per heavy atom. The molecule has 4 rings (SSSR count). The number of alkyl halides is 3. The van der Waals surface area contributed by atoms with Crippen molar-refractivity contribution in [2.24, 2.45) is 11.0 Å². The van der Waals surface area contributed by atoms with Crippen molar-refractivity contribution in [1.29, 1.82) is 0 Å². The van der Waals surface area contributed by atoms with Gasteiger partial charge in [-0.2, -0.15) is 18.3 Å². The Morgan fingerprint density at radius 1 is 1.30 bits per heavy atom. The lowest BCUT2D eigenvalue weighted by Crippen LogP contribution is -2.26. The molecule has 0 spiro atoms. The van der Waals surface area contributed by atoms with E-state index in [0.29, 0.717) is 11.5 Å². The van der Waals surface area contributed by atoms with Crippen LogP contribution >= 0.6 is 0 Å². The lowest BCUT2D eigenvalue weighted by atomic mass is 10.1. The number of rotatable bonds is 7. The number of hydrogen-bond acceptors (Lipinski definition) is 5. The Morgan fingerprint density at radius 3 is 2.70 bits per heavy atom. The molecule has 172 valence electrons. The second-order valence-corrected chi connectivity index (χ2v) is 7.71. The maximum Gasteiger partial charge on any atom is 0.422 e. The van der Waals surface area contributed by atoms with Crippen LogP contribution in [0.2, 0.25) is 0 Å². The highest BCUT2D eigenvalue weighted by atomic mass is 19.4. The van der Waals surface area contributed by atoms with Gasteiger partial charge in [-0.25, -0.2) is 14.5 Å². The summed E-state index contributed by atoms with van der Waals surface area (Å²) in [6, 6.07) is 6.55. The van der Waals surface area contributed by atoms with Gasteiger partial charge in [0.1, 0.15) is 5.75 Å². The van der Waals surface area contributed by atoms with Crippen LogP contribution in [0, 0.1) is 5.92 Å². The first-order valence-electron chi connectivity index (χ1n) is 10.0. The number of hydrogen-bond donors (Lipinski definition) is 2. The average molecular weight is 459 g/mol. The lowest BCUT2D eigenvalue weighted by Gasteiger charge is -2.10. The third-order valence-electron chi connectivity index (χ3n) is 5.32. The van der Waals surface area contributed by atoms with E-state index in [4.69, 9.17) is 4.74 Å². The van der Waals surface area contributed by atoms with E-state index in [9.17, 15) is 22.8 Å². The molecular weight excluding hydrogens is 439 g/mol. The number of nitrogens with zero attached hydrogens (tertiary/aromatic N) is 3. The first-order chi connectivity index (χ1) is 15.6. The van der Waals surface area contributed by atoms with E-state index < -0.39 is 24.0 Å². The third kappa shape index (κ3) is 5.13. The van der Waals surface area contributed by atoms with Crippen molar-refractivity contribution in [1.82, 2.24) is 19.6 Å². The highest BCUT2D eigenvalue weighted by Gasteiger charge is 2.41. The number of aromatic amines is 2. The zero-order valence-electron chi connectivity index (χ0n) is 17.5. The molecule has 0 bridgehead atoms. The normalized spacial score (nSPS) is 18.2. The van der Waals surface area contributed by atoms with E-state index in [0.717, 1.165) is 17.6 Å². The largest absolute Gasteiger partial charge is 0.484 e. The van der Waals surface area contributed by atoms with Crippen LogP contribution in [-0.4, -0.2) is 38.1 Å². The molecule has 2 heterocycles. The number of ether oxygens (including phenoxy) is 1. The molecule has 33 heavy (non-hydrogen) atoms. The predicted molar refractivity (Wildman–Crippen MR) is 115 cm³/mol. The van der Waals surface area contributed by atoms with Crippen molar-refractivity contribution in [3.05, 3.63) is 87.2 Å². The average Bonchev–Trinajstić information content (AvgIpc) is 3.42. The van der Waals surface area contributed by atoms with Gasteiger partial charge in [-0.3, -0.25) is 9.78 Å². The summed E-state index contributed by atoms with van der Waals surface area (Å²) in [5.74, 6) is 0.948. The minimum absolute atomic E-state index is 0.0973. The van der Waals surface area contributed by atoms with E-state index in [-0.39, 0.29) is 23.1 Å². The summed E-state index contributed by atoms with van der Waals surface area (Å²) in [5, 5.41) is 4.42. The number of halogens is 3. The minimum atomic E-state index is -4.38. The minimum Gasteiger partial charge on any atom is -0.484 e. The van der Waals surface area contributed by atoms with Gasteiger partial charge in [0.2, 0.25) is 0 Å². The molecule has 2 N–H and O–H groups in total. The van der Waals surface area contributed by atoms with E-state index >= 15 is 0 Å². The summed E-state index contributed by atoms with van der Waals surface area (Å²) in [4.78, 5) is 32.1. The van der Waals surface area contributed by atoms with Crippen LogP contribution in [0.4, 0.5) is 13.2 Å². The van der Waals surface area contributed by atoms with Crippen LogP contribution in [0.5, 0.6) is 5.75 Å². The number of imidazole rings is 1. The fourth-order valence-corrected chi connectivity index (χ4v) is 3.59. The molecule has 1 saturated carbocycles. The summed E-state index contributed by atoms with van der Waals surface area (Å²) in [7, 11) is 0. The van der Waals surface area contributed by atoms with Crippen molar-refractivity contribution in [2.75, 3.05) is 6.61 Å². The van der Waals surface area contributed by atoms with Gasteiger partial charge in [0.15, 0.2) is 12.4 Å². The van der Waals surface area contributed by atoms with E-state index in [1.807, 2.05) is 0 Å². The van der Waals surface area contributed by atoms with Crippen LogP contribution < -0.4 is 16.0 Å². The van der Waals surface area contributed by atoms with Gasteiger partial charge in [0.25, 0.3) is 5.56 Å². The standard InChI is InChI=1S/C22H20F3N5O3/c1-12(16-9-17(16)14-3-5-15(6-4-14)33-11-22(23,24)25)19-26-7-8-30(19)29-13(2)18-10-27-21(32)28-20(18)31/h3-8,10,16-17H,1,9,11H2,2H3,(H2,27,28,31,32)/b29-13+/t16-,17-/m1/s1. The third-order valence-corrected chi connectivity index (χ3v) is 5.32. The molecule has 1 aliphatic carbocycles. The van der Waals surface area contributed by atoms with Crippen LogP contribution in [0.25, 0.3) is 5.57 Å². The van der Waals surface area contributed by atoms with Crippen molar-refractivity contribution < 1.29 is 17.9 Å². The van der Waals surface area contributed by atoms with Crippen molar-refractivity contribution in [3.8, 4) is 5.75 Å². The number of nitrogens with one attached hydrogen (secondary N) is 2. The number of allylic oxidation sites excluding steroid dienone is 1. The molecule has 0 saturated heterocycles. The molecule has 3 aromatic rings. The van der Waals surface area contributed by atoms with Crippen molar-refractivity contribution in [2.45, 2.75) is 25.4 Å². The van der Waals surface area contributed by atoms with Gasteiger partial charge in [0.05, 0.1) is 11.3 Å². The molecule has 8 nitrogen and oxygen atoms in total. The van der Waals surface area contributed by atoms with Crippen molar-refractivity contribution >= 4 is 11.3 Å². The highest BCUT2D eigenvalue weighted by Crippen LogP contribution is 2.54. The predicted octanol–water partition coefficient (Wildman–Crippen LogP) is 3.29. The fraction of sp³-hybridized carbons (Fsp3) is 0.273. The summed E-state index contributed by atoms with van der Waals surface area (Å²) in [6.07, 6.45) is 0.930. The quantitative estimate of drug-likeness (QED) is 0.529. The van der Waals surface area contributed by atoms with Gasteiger partial charge in [0, 0.05) is 18.6 Å². The molecule has 0 aliphatic heterocycles. The molecule has 1 fully saturated rings. The topological polar surface area (TPSA) is 105 Å². The Balaban J connectivity index is 1.46. The van der Waals surface area contributed by atoms with Gasteiger partial charge >= 0.3 is 11.9 Å². The Kier molecular flexibility index (Phi) is 5.79. The second kappa shape index (κ2) is 8.57. The van der Waals surface area contributed by atoms with Gasteiger partial charge in [-0.05, 0) is 48.4 Å². The zero-order valence-corrected chi connectivity index (χ0v) is 17.5. The smallest absolute Gasteiger partial charge is 0.422 e. The zero-order chi connectivity index (χ0) is 23.8. The molecule has 0 unspecified atom stereocenters. The monoisotopic (exact) mass is 459 g/mol. The molecular formula is C22H20F3N5O3. The van der Waals surface area contributed by atoms with Crippen LogP contribution in [0.15, 0.2) is 64.1 Å². The molecule has 2 aromatic heterocycles. The molecule has 1 aliphatic rings. The lowest BCUT2D eigenvalue weighted by molar-refractivity contribution is -0.153. The highest BCUT2D eigenvalue weighted by molar-refractivity contribution is 5.98. The second-order valence-electron chi connectivity index (χ2n) is 7.71. The van der Waals surface area contributed by atoms with Crippen LogP contribution in [0.3, 0.4) is 0 Å². The van der Waals surface area contributed by atoms with Gasteiger partial charge < -0.3 is 9.72 Å². The molecule has 0 radical (unpaired) electrons. The van der Waals surface area contributed by atoms with Crippen molar-refractivity contribution in [3.63, 3.8) is 0 Å². The first-order valence-corrected chi connectivity index (χ1v) is 10.0. The Hall–Kier alpha value is -3.89.